The topological polar surface area (TPSA) is 69.6 Å². The molecule has 2 amide bonds. The first-order valence-corrected chi connectivity index (χ1v) is 11.0. The maximum atomic E-state index is 12.7. The molecule has 0 aliphatic carbocycles. The Kier molecular flexibility index (Phi) is 6.82. The summed E-state index contributed by atoms with van der Waals surface area (Å²) in [6, 6.07) is 14.4. The number of carboxylic acid groups (broad SMARTS) is 1. The van der Waals surface area contributed by atoms with Gasteiger partial charge >= 0.3 is 12.0 Å². The first kappa shape index (κ1) is 23.0. The summed E-state index contributed by atoms with van der Waals surface area (Å²) in [7, 11) is 3.89. The molecule has 166 valence electrons. The van der Waals surface area contributed by atoms with E-state index in [9.17, 15) is 14.7 Å². The molecule has 6 nitrogen and oxygen atoms in total. The molecule has 2 N–H and O–H groups in total. The molecule has 1 aliphatic heterocycles. The number of carbonyl (C=O) groups excluding carboxylic acids is 1. The van der Waals surface area contributed by atoms with Crippen LogP contribution in [-0.2, 0) is 11.2 Å². The van der Waals surface area contributed by atoms with Gasteiger partial charge in [-0.05, 0) is 62.7 Å². The highest BCUT2D eigenvalue weighted by molar-refractivity contribution is 5.89. The van der Waals surface area contributed by atoms with Crippen LogP contribution in [0.1, 0.15) is 44.4 Å². The number of hydrogen-bond donors (Lipinski definition) is 2. The monoisotopic (exact) mass is 424 g/mol. The summed E-state index contributed by atoms with van der Waals surface area (Å²) in [5.74, 6) is 0.0622. The van der Waals surface area contributed by atoms with Gasteiger partial charge in [0.05, 0.1) is 26.1 Å². The second-order valence-electron chi connectivity index (χ2n) is 8.59. The van der Waals surface area contributed by atoms with Gasteiger partial charge in [-0.2, -0.15) is 0 Å². The van der Waals surface area contributed by atoms with Gasteiger partial charge in [0.15, 0.2) is 0 Å². The Morgan fingerprint density at radius 2 is 1.81 bits per heavy atom. The van der Waals surface area contributed by atoms with Crippen LogP contribution in [0.15, 0.2) is 42.5 Å². The molecule has 0 saturated heterocycles. The van der Waals surface area contributed by atoms with Crippen molar-refractivity contribution in [1.29, 1.82) is 0 Å². The molecule has 0 spiro atoms. The normalized spacial score (nSPS) is 22.6. The minimum Gasteiger partial charge on any atom is -0.465 e. The quantitative estimate of drug-likeness (QED) is 0.673. The van der Waals surface area contributed by atoms with Crippen molar-refractivity contribution >= 4 is 17.7 Å². The highest BCUT2D eigenvalue weighted by atomic mass is 16.4. The third kappa shape index (κ3) is 4.23. The Hall–Kier alpha value is -2.70. The Morgan fingerprint density at radius 3 is 2.35 bits per heavy atom. The lowest BCUT2D eigenvalue weighted by atomic mass is 9.86. The zero-order valence-corrected chi connectivity index (χ0v) is 19.2. The van der Waals surface area contributed by atoms with E-state index in [-0.39, 0.29) is 22.5 Å². The lowest BCUT2D eigenvalue weighted by Crippen LogP contribution is -2.60. The fourth-order valence-corrected chi connectivity index (χ4v) is 4.72. The standard InChI is InChI=1S/C25H33N3O3/c1-6-27(25(30)31)23-15-17(2)28(5,18(3)29)24-12-11-21(16-22(23)24)20-9-7-19(8-10-20)13-14-26-4/h7-12,16-17,23,26H,6,13-15H2,1-5H3/p+1/t17-,23+,28?/m0/s1. The third-order valence-electron chi connectivity index (χ3n) is 6.90. The molecule has 3 atom stereocenters. The maximum absolute atomic E-state index is 12.7. The molecule has 0 saturated carbocycles. The number of amides is 2. The Bertz CT molecular complexity index is 957. The smallest absolute Gasteiger partial charge is 0.407 e. The molecule has 31 heavy (non-hydrogen) atoms. The predicted molar refractivity (Wildman–Crippen MR) is 125 cm³/mol. The van der Waals surface area contributed by atoms with E-state index in [0.717, 1.165) is 35.3 Å². The van der Waals surface area contributed by atoms with E-state index >= 15 is 0 Å². The SMILES string of the molecule is CCN(C(=O)O)[C@@H]1C[C@H](C)[N+](C)(C(C)=O)c2ccc(-c3ccc(CCNC)cc3)cc21. The van der Waals surface area contributed by atoms with Crippen molar-refractivity contribution in [2.24, 2.45) is 0 Å². The molecule has 0 aromatic heterocycles. The number of benzene rings is 2. The molecule has 6 heteroatoms. The number of nitrogens with zero attached hydrogens (tertiary/aromatic N) is 2. The van der Waals surface area contributed by atoms with Crippen LogP contribution in [0.4, 0.5) is 10.5 Å². The second-order valence-corrected chi connectivity index (χ2v) is 8.59. The summed E-state index contributed by atoms with van der Waals surface area (Å²) in [4.78, 5) is 26.1. The summed E-state index contributed by atoms with van der Waals surface area (Å²) >= 11 is 0. The van der Waals surface area contributed by atoms with Crippen LogP contribution in [0.2, 0.25) is 0 Å². The van der Waals surface area contributed by atoms with Crippen molar-refractivity contribution in [1.82, 2.24) is 14.7 Å². The molecule has 1 heterocycles. The van der Waals surface area contributed by atoms with Crippen LogP contribution in [0, 0.1) is 0 Å². The zero-order chi connectivity index (χ0) is 22.8. The number of likely N-dealkylation sites (N-methyl/N-ethyl adjacent to an activating group) is 1. The molecule has 1 aliphatic rings. The molecule has 2 aromatic rings. The minimum atomic E-state index is -0.927. The van der Waals surface area contributed by atoms with Gasteiger partial charge in [-0.15, -0.1) is 0 Å². The van der Waals surface area contributed by atoms with E-state index in [1.165, 1.54) is 10.5 Å². The highest BCUT2D eigenvalue weighted by Gasteiger charge is 2.47. The summed E-state index contributed by atoms with van der Waals surface area (Å²) in [6.07, 6.45) is 0.651. The number of hydrogen-bond acceptors (Lipinski definition) is 3. The maximum Gasteiger partial charge on any atom is 0.407 e. The lowest BCUT2D eigenvalue weighted by Gasteiger charge is -2.45. The van der Waals surface area contributed by atoms with Gasteiger partial charge in [-0.3, -0.25) is 0 Å². The van der Waals surface area contributed by atoms with E-state index in [1.807, 2.05) is 40.1 Å². The molecule has 1 unspecified atom stereocenters. The van der Waals surface area contributed by atoms with Gasteiger partial charge in [-0.1, -0.05) is 24.3 Å². The Labute approximate surface area is 185 Å². The average molecular weight is 425 g/mol. The van der Waals surface area contributed by atoms with Gasteiger partial charge in [0.1, 0.15) is 5.69 Å². The van der Waals surface area contributed by atoms with E-state index in [2.05, 4.69) is 35.6 Å². The van der Waals surface area contributed by atoms with Gasteiger partial charge in [-0.25, -0.2) is 14.1 Å². The first-order chi connectivity index (χ1) is 14.7. The van der Waals surface area contributed by atoms with Crippen molar-refractivity contribution in [3.8, 4) is 11.1 Å². The average Bonchev–Trinajstić information content (AvgIpc) is 2.75. The molecule has 0 fully saturated rings. The molecule has 0 bridgehead atoms. The summed E-state index contributed by atoms with van der Waals surface area (Å²) in [5.41, 5.74) is 5.22. The number of fused-ring (bicyclic) bond motifs is 1. The molecule has 3 rings (SSSR count). The first-order valence-electron chi connectivity index (χ1n) is 11.0. The van der Waals surface area contributed by atoms with Crippen LogP contribution in [0.3, 0.4) is 0 Å². The molecule has 0 radical (unpaired) electrons. The fraction of sp³-hybridized carbons (Fsp3) is 0.440. The van der Waals surface area contributed by atoms with Gasteiger partial charge < -0.3 is 15.3 Å². The summed E-state index contributed by atoms with van der Waals surface area (Å²) in [6.45, 7) is 6.85. The molecule has 2 aromatic carbocycles. The summed E-state index contributed by atoms with van der Waals surface area (Å²) < 4.78 is 0.187. The van der Waals surface area contributed by atoms with Crippen molar-refractivity contribution in [2.75, 3.05) is 27.2 Å². The van der Waals surface area contributed by atoms with Crippen LogP contribution >= 0.6 is 0 Å². The number of rotatable bonds is 6. The van der Waals surface area contributed by atoms with Gasteiger partial charge in [0, 0.05) is 24.6 Å². The molecular formula is C25H34N3O3+. The Morgan fingerprint density at radius 1 is 1.16 bits per heavy atom. The zero-order valence-electron chi connectivity index (χ0n) is 19.2. The van der Waals surface area contributed by atoms with Crippen molar-refractivity contribution in [3.63, 3.8) is 0 Å². The van der Waals surface area contributed by atoms with E-state index < -0.39 is 6.09 Å². The second kappa shape index (κ2) is 9.20. The summed E-state index contributed by atoms with van der Waals surface area (Å²) in [5, 5.41) is 13.0. The van der Waals surface area contributed by atoms with Crippen LogP contribution in [-0.4, -0.2) is 55.2 Å². The van der Waals surface area contributed by atoms with E-state index in [4.69, 9.17) is 0 Å². The third-order valence-corrected chi connectivity index (χ3v) is 6.90. The van der Waals surface area contributed by atoms with Crippen molar-refractivity contribution < 1.29 is 14.7 Å². The fourth-order valence-electron chi connectivity index (χ4n) is 4.72. The Balaban J connectivity index is 2.10. The molecular weight excluding hydrogens is 390 g/mol. The minimum absolute atomic E-state index is 0.0132. The van der Waals surface area contributed by atoms with Crippen molar-refractivity contribution in [2.45, 2.75) is 45.7 Å². The number of quaternary nitrogens is 1. The van der Waals surface area contributed by atoms with Gasteiger partial charge in [0.25, 0.3) is 0 Å². The predicted octanol–water partition coefficient (Wildman–Crippen LogP) is 4.43. The van der Waals surface area contributed by atoms with Crippen LogP contribution in [0.25, 0.3) is 11.1 Å². The van der Waals surface area contributed by atoms with Gasteiger partial charge in [0.2, 0.25) is 0 Å². The van der Waals surface area contributed by atoms with Crippen LogP contribution in [0.5, 0.6) is 0 Å². The van der Waals surface area contributed by atoms with E-state index in [0.29, 0.717) is 13.0 Å². The lowest BCUT2D eigenvalue weighted by molar-refractivity contribution is -0.129. The van der Waals surface area contributed by atoms with Crippen molar-refractivity contribution in [3.05, 3.63) is 53.6 Å². The highest BCUT2D eigenvalue weighted by Crippen LogP contribution is 2.45. The van der Waals surface area contributed by atoms with Crippen LogP contribution < -0.4 is 9.80 Å². The largest absolute Gasteiger partial charge is 0.465 e. The number of nitrogens with one attached hydrogen (secondary N) is 1. The van der Waals surface area contributed by atoms with E-state index in [1.54, 1.807) is 6.92 Å². The number of carbonyl (C=O) groups is 2.